The van der Waals surface area contributed by atoms with E-state index in [2.05, 4.69) is 5.32 Å². The molecule has 3 aromatic rings. The van der Waals surface area contributed by atoms with E-state index in [4.69, 9.17) is 9.47 Å². The Morgan fingerprint density at radius 2 is 1.43 bits per heavy atom. The third-order valence-corrected chi connectivity index (χ3v) is 6.54. The number of hydrogen-bond acceptors (Lipinski definition) is 7. The standard InChI is InChI=1S/C31H35N3O8/c1-33(19-28(35)32-25-13-15-27(16-14-25)42-26-7-4-3-5-8-26)17-6-18-34(21-29(36)37,22-30(38)39)20-23-9-11-24(12-10-23)31(40)41-2/h3-5,7-16H,6,17-22H2,1-2H3,(H2-,32,35,36,37,38,39)/p+1. The molecule has 0 saturated carbocycles. The normalized spacial score (nSPS) is 11.1. The first-order valence-electron chi connectivity index (χ1n) is 13.3. The van der Waals surface area contributed by atoms with E-state index in [0.717, 1.165) is 0 Å². The van der Waals surface area contributed by atoms with E-state index in [0.29, 0.717) is 41.3 Å². The van der Waals surface area contributed by atoms with Crippen LogP contribution in [-0.2, 0) is 25.7 Å². The van der Waals surface area contributed by atoms with Crippen molar-refractivity contribution in [3.63, 3.8) is 0 Å². The molecule has 0 bridgehead atoms. The molecule has 0 aliphatic carbocycles. The molecule has 222 valence electrons. The molecule has 0 fully saturated rings. The third-order valence-electron chi connectivity index (χ3n) is 6.54. The Morgan fingerprint density at radius 3 is 2.00 bits per heavy atom. The number of carbonyl (C=O) groups excluding carboxylic acids is 2. The van der Waals surface area contributed by atoms with E-state index in [1.54, 1.807) is 60.5 Å². The molecule has 0 radical (unpaired) electrons. The number of amides is 1. The van der Waals surface area contributed by atoms with Gasteiger partial charge in [-0.2, -0.15) is 0 Å². The molecule has 11 heteroatoms. The fraction of sp³-hybridized carbons (Fsp3) is 0.290. The summed E-state index contributed by atoms with van der Waals surface area (Å²) in [5, 5.41) is 22.1. The Hall–Kier alpha value is -4.74. The van der Waals surface area contributed by atoms with Crippen LogP contribution in [0.1, 0.15) is 22.3 Å². The second-order valence-corrected chi connectivity index (χ2v) is 10.1. The predicted molar refractivity (Wildman–Crippen MR) is 155 cm³/mol. The molecule has 0 atom stereocenters. The summed E-state index contributed by atoms with van der Waals surface area (Å²) < 4.78 is 10.2. The van der Waals surface area contributed by atoms with E-state index in [-0.39, 0.29) is 43.1 Å². The lowest BCUT2D eigenvalue weighted by Crippen LogP contribution is -2.54. The quantitative estimate of drug-likeness (QED) is 0.171. The van der Waals surface area contributed by atoms with Crippen LogP contribution in [0.15, 0.2) is 78.9 Å². The largest absolute Gasteiger partial charge is 0.477 e. The average Bonchev–Trinajstić information content (AvgIpc) is 2.94. The molecule has 3 aromatic carbocycles. The molecule has 0 aliphatic heterocycles. The number of esters is 1. The summed E-state index contributed by atoms with van der Waals surface area (Å²) in [7, 11) is 3.04. The number of anilines is 1. The van der Waals surface area contributed by atoms with Gasteiger partial charge < -0.3 is 29.5 Å². The van der Waals surface area contributed by atoms with Crippen LogP contribution in [0.5, 0.6) is 11.5 Å². The summed E-state index contributed by atoms with van der Waals surface area (Å²) in [6.45, 7) is 0.159. The summed E-state index contributed by atoms with van der Waals surface area (Å²) in [6, 6.07) is 22.8. The molecule has 0 heterocycles. The van der Waals surface area contributed by atoms with E-state index in [1.165, 1.54) is 7.11 Å². The molecule has 11 nitrogen and oxygen atoms in total. The van der Waals surface area contributed by atoms with Crippen LogP contribution < -0.4 is 10.1 Å². The van der Waals surface area contributed by atoms with Gasteiger partial charge in [0.05, 0.1) is 25.8 Å². The fourth-order valence-electron chi connectivity index (χ4n) is 4.66. The number of carboxylic acid groups (broad SMARTS) is 2. The minimum Gasteiger partial charge on any atom is -0.477 e. The van der Waals surface area contributed by atoms with E-state index >= 15 is 0 Å². The first-order chi connectivity index (χ1) is 20.1. The fourth-order valence-corrected chi connectivity index (χ4v) is 4.66. The van der Waals surface area contributed by atoms with E-state index in [1.807, 2.05) is 30.3 Å². The van der Waals surface area contributed by atoms with Crippen molar-refractivity contribution in [1.29, 1.82) is 0 Å². The van der Waals surface area contributed by atoms with Gasteiger partial charge in [0.25, 0.3) is 0 Å². The molecule has 0 aromatic heterocycles. The van der Waals surface area contributed by atoms with Crippen LogP contribution in [-0.4, -0.2) is 90.3 Å². The number of aliphatic carboxylic acids is 2. The van der Waals surface area contributed by atoms with Crippen molar-refractivity contribution in [2.45, 2.75) is 13.0 Å². The van der Waals surface area contributed by atoms with Crippen molar-refractivity contribution in [3.05, 3.63) is 90.0 Å². The summed E-state index contributed by atoms with van der Waals surface area (Å²) in [6.07, 6.45) is 0.454. The molecular weight excluding hydrogens is 542 g/mol. The lowest BCUT2D eigenvalue weighted by atomic mass is 10.1. The van der Waals surface area contributed by atoms with Crippen molar-refractivity contribution in [2.75, 3.05) is 52.2 Å². The number of likely N-dealkylation sites (N-methyl/N-ethyl adjacent to an activating group) is 1. The predicted octanol–water partition coefficient (Wildman–Crippen LogP) is 3.71. The van der Waals surface area contributed by atoms with E-state index < -0.39 is 17.9 Å². The van der Waals surface area contributed by atoms with Gasteiger partial charge in [0.2, 0.25) is 5.91 Å². The number of hydrogen-bond donors (Lipinski definition) is 3. The van der Waals surface area contributed by atoms with Gasteiger partial charge in [-0.1, -0.05) is 30.3 Å². The lowest BCUT2D eigenvalue weighted by molar-refractivity contribution is -0.927. The molecule has 42 heavy (non-hydrogen) atoms. The summed E-state index contributed by atoms with van der Waals surface area (Å²) in [5.41, 5.74) is 1.65. The zero-order valence-electron chi connectivity index (χ0n) is 23.7. The van der Waals surface area contributed by atoms with Gasteiger partial charge in [0.15, 0.2) is 13.1 Å². The molecular formula is C31H36N3O8+. The Balaban J connectivity index is 1.56. The van der Waals surface area contributed by atoms with Gasteiger partial charge in [-0.05, 0) is 55.6 Å². The maximum atomic E-state index is 12.6. The second-order valence-electron chi connectivity index (χ2n) is 10.1. The maximum absolute atomic E-state index is 12.6. The molecule has 1 amide bonds. The third kappa shape index (κ3) is 10.3. The number of para-hydroxylation sites is 1. The van der Waals surface area contributed by atoms with Crippen LogP contribution >= 0.6 is 0 Å². The first kappa shape index (κ1) is 31.8. The van der Waals surface area contributed by atoms with Crippen molar-refractivity contribution < 1.29 is 43.3 Å². The van der Waals surface area contributed by atoms with Gasteiger partial charge in [0, 0.05) is 24.2 Å². The number of methoxy groups -OCH3 is 1. The van der Waals surface area contributed by atoms with Gasteiger partial charge >= 0.3 is 17.9 Å². The lowest BCUT2D eigenvalue weighted by Gasteiger charge is -2.36. The SMILES string of the molecule is COC(=O)c1ccc(C[N+](CCCN(C)CC(=O)Nc2ccc(Oc3ccccc3)cc2)(CC(=O)O)CC(=O)O)cc1. The Bertz CT molecular complexity index is 1330. The van der Waals surface area contributed by atoms with Crippen LogP contribution in [0, 0.1) is 0 Å². The monoisotopic (exact) mass is 578 g/mol. The zero-order chi connectivity index (χ0) is 30.5. The van der Waals surface area contributed by atoms with Crippen LogP contribution in [0.3, 0.4) is 0 Å². The highest BCUT2D eigenvalue weighted by Crippen LogP contribution is 2.23. The highest BCUT2D eigenvalue weighted by Gasteiger charge is 2.33. The van der Waals surface area contributed by atoms with Gasteiger partial charge in [0.1, 0.15) is 18.0 Å². The summed E-state index contributed by atoms with van der Waals surface area (Å²) in [5.74, 6) is -1.61. The van der Waals surface area contributed by atoms with Crippen molar-refractivity contribution >= 4 is 29.5 Å². The number of nitrogens with one attached hydrogen (secondary N) is 1. The highest BCUT2D eigenvalue weighted by molar-refractivity contribution is 5.92. The van der Waals surface area contributed by atoms with Crippen molar-refractivity contribution in [1.82, 2.24) is 4.90 Å². The summed E-state index contributed by atoms with van der Waals surface area (Å²) in [4.78, 5) is 49.7. The topological polar surface area (TPSA) is 142 Å². The number of carboxylic acids is 2. The Kier molecular flexibility index (Phi) is 11.6. The van der Waals surface area contributed by atoms with Crippen molar-refractivity contribution in [2.24, 2.45) is 0 Å². The number of quaternary nitrogens is 1. The zero-order valence-corrected chi connectivity index (χ0v) is 23.7. The smallest absolute Gasteiger partial charge is 0.359 e. The first-order valence-corrected chi connectivity index (χ1v) is 13.3. The molecule has 0 unspecified atom stereocenters. The van der Waals surface area contributed by atoms with Gasteiger partial charge in [-0.15, -0.1) is 0 Å². The molecule has 3 N–H and O–H groups in total. The highest BCUT2D eigenvalue weighted by atomic mass is 16.5. The Morgan fingerprint density at radius 1 is 0.833 bits per heavy atom. The minimum absolute atomic E-state index is 0.0924. The summed E-state index contributed by atoms with van der Waals surface area (Å²) >= 11 is 0. The minimum atomic E-state index is -1.12. The van der Waals surface area contributed by atoms with Gasteiger partial charge in [-0.3, -0.25) is 9.69 Å². The number of benzene rings is 3. The maximum Gasteiger partial charge on any atom is 0.359 e. The van der Waals surface area contributed by atoms with Crippen LogP contribution in [0.2, 0.25) is 0 Å². The molecule has 0 spiro atoms. The number of nitrogens with zero attached hydrogens (tertiary/aromatic N) is 2. The van der Waals surface area contributed by atoms with Gasteiger partial charge in [-0.25, -0.2) is 14.4 Å². The van der Waals surface area contributed by atoms with E-state index in [9.17, 15) is 29.4 Å². The molecule has 0 saturated heterocycles. The average molecular weight is 579 g/mol. The number of carbonyl (C=O) groups is 4. The van der Waals surface area contributed by atoms with Crippen molar-refractivity contribution in [3.8, 4) is 11.5 Å². The van der Waals surface area contributed by atoms with Crippen LogP contribution in [0.25, 0.3) is 0 Å². The second kappa shape index (κ2) is 15.3. The Labute approximate surface area is 244 Å². The molecule has 0 aliphatic rings. The number of ether oxygens (including phenoxy) is 2. The van der Waals surface area contributed by atoms with Crippen LogP contribution in [0.4, 0.5) is 5.69 Å². The number of rotatable bonds is 16. The molecule has 3 rings (SSSR count).